The van der Waals surface area contributed by atoms with Crippen LogP contribution < -0.4 is 0 Å². The Bertz CT molecular complexity index is 489. The van der Waals surface area contributed by atoms with E-state index in [0.717, 1.165) is 5.56 Å². The molecule has 0 fully saturated rings. The molecule has 0 bridgehead atoms. The largest absolute Gasteiger partial charge is 0.466 e. The van der Waals surface area contributed by atoms with Crippen LogP contribution in [0.2, 0.25) is 10.0 Å². The van der Waals surface area contributed by atoms with E-state index >= 15 is 0 Å². The number of halogens is 2. The van der Waals surface area contributed by atoms with Crippen LogP contribution in [0.15, 0.2) is 18.2 Å². The Morgan fingerprint density at radius 1 is 1.10 bits per heavy atom. The van der Waals surface area contributed by atoms with Gasteiger partial charge in [-0.3, -0.25) is 9.59 Å². The van der Waals surface area contributed by atoms with Crippen molar-refractivity contribution in [2.24, 2.45) is 0 Å². The Kier molecular flexibility index (Phi) is 8.16. The quantitative estimate of drug-likeness (QED) is 0.679. The first-order valence-electron chi connectivity index (χ1n) is 6.78. The fourth-order valence-corrected chi connectivity index (χ4v) is 2.18. The first-order chi connectivity index (χ1) is 10.0. The van der Waals surface area contributed by atoms with Crippen molar-refractivity contribution in [2.75, 3.05) is 13.2 Å². The van der Waals surface area contributed by atoms with E-state index in [1.807, 2.05) is 0 Å². The van der Waals surface area contributed by atoms with Gasteiger partial charge in [0.05, 0.1) is 13.2 Å². The van der Waals surface area contributed by atoms with Crippen LogP contribution in [-0.2, 0) is 25.5 Å². The van der Waals surface area contributed by atoms with Gasteiger partial charge in [0, 0.05) is 29.3 Å². The maximum Gasteiger partial charge on any atom is 0.305 e. The monoisotopic (exact) mass is 332 g/mol. The number of hydrogen-bond donors (Lipinski definition) is 0. The highest BCUT2D eigenvalue weighted by Gasteiger charge is 2.07. The Labute approximate surface area is 134 Å². The molecular formula is C15H18Cl2O4. The molecule has 0 unspecified atom stereocenters. The summed E-state index contributed by atoms with van der Waals surface area (Å²) in [6.45, 7) is 2.35. The van der Waals surface area contributed by atoms with E-state index < -0.39 is 0 Å². The number of carbonyl (C=O) groups is 2. The third-order valence-corrected chi connectivity index (χ3v) is 3.30. The van der Waals surface area contributed by atoms with Crippen LogP contribution in [0.4, 0.5) is 0 Å². The third kappa shape index (κ3) is 7.34. The summed E-state index contributed by atoms with van der Waals surface area (Å²) in [7, 11) is 0. The Hall–Kier alpha value is -1.26. The van der Waals surface area contributed by atoms with Crippen LogP contribution >= 0.6 is 23.2 Å². The highest BCUT2D eigenvalue weighted by atomic mass is 35.5. The summed E-state index contributed by atoms with van der Waals surface area (Å²) < 4.78 is 9.86. The van der Waals surface area contributed by atoms with Crippen molar-refractivity contribution in [2.45, 2.75) is 32.6 Å². The Morgan fingerprint density at radius 2 is 1.76 bits per heavy atom. The molecule has 1 aromatic rings. The number of carbonyl (C=O) groups excluding carboxylic acids is 2. The molecule has 1 aromatic carbocycles. The lowest BCUT2D eigenvalue weighted by molar-refractivity contribution is -0.145. The predicted octanol–water partition coefficient (Wildman–Crippen LogP) is 3.81. The van der Waals surface area contributed by atoms with Gasteiger partial charge in [-0.05, 0) is 31.0 Å². The van der Waals surface area contributed by atoms with E-state index in [0.29, 0.717) is 29.5 Å². The number of benzene rings is 1. The van der Waals surface area contributed by atoms with Crippen molar-refractivity contribution in [1.82, 2.24) is 0 Å². The minimum absolute atomic E-state index is 0.202. The summed E-state index contributed by atoms with van der Waals surface area (Å²) in [6.07, 6.45) is 1.39. The molecule has 0 aliphatic carbocycles. The molecule has 0 aliphatic rings. The van der Waals surface area contributed by atoms with Gasteiger partial charge in [0.25, 0.3) is 0 Å². The van der Waals surface area contributed by atoms with Gasteiger partial charge >= 0.3 is 11.9 Å². The molecule has 4 nitrogen and oxygen atoms in total. The van der Waals surface area contributed by atoms with Crippen molar-refractivity contribution in [3.63, 3.8) is 0 Å². The SMILES string of the molecule is CCOC(=O)CCCC(=O)OCCc1ccc(Cl)cc1Cl. The first kappa shape index (κ1) is 17.8. The fraction of sp³-hybridized carbons (Fsp3) is 0.467. The molecule has 0 saturated heterocycles. The summed E-state index contributed by atoms with van der Waals surface area (Å²) in [5.74, 6) is -0.623. The minimum Gasteiger partial charge on any atom is -0.466 e. The Morgan fingerprint density at radius 3 is 2.38 bits per heavy atom. The second-order valence-corrected chi connectivity index (χ2v) is 5.21. The molecule has 1 rings (SSSR count). The van der Waals surface area contributed by atoms with Gasteiger partial charge in [0.1, 0.15) is 0 Å². The van der Waals surface area contributed by atoms with Crippen LogP contribution in [0.5, 0.6) is 0 Å². The molecule has 0 N–H and O–H groups in total. The lowest BCUT2D eigenvalue weighted by atomic mass is 10.1. The molecule has 0 amide bonds. The molecule has 116 valence electrons. The highest BCUT2D eigenvalue weighted by Crippen LogP contribution is 2.21. The summed E-state index contributed by atoms with van der Waals surface area (Å²) in [4.78, 5) is 22.6. The van der Waals surface area contributed by atoms with Gasteiger partial charge in [-0.2, -0.15) is 0 Å². The topological polar surface area (TPSA) is 52.6 Å². The summed E-state index contributed by atoms with van der Waals surface area (Å²) in [5.41, 5.74) is 0.875. The van der Waals surface area contributed by atoms with Gasteiger partial charge in [-0.1, -0.05) is 29.3 Å². The maximum absolute atomic E-state index is 11.5. The van der Waals surface area contributed by atoms with Crippen LogP contribution in [-0.4, -0.2) is 25.2 Å². The molecule has 0 aliphatic heterocycles. The molecule has 0 spiro atoms. The second kappa shape index (κ2) is 9.64. The number of esters is 2. The van der Waals surface area contributed by atoms with E-state index in [9.17, 15) is 9.59 Å². The molecular weight excluding hydrogens is 315 g/mol. The van der Waals surface area contributed by atoms with Gasteiger partial charge in [0.15, 0.2) is 0 Å². The number of ether oxygens (including phenoxy) is 2. The summed E-state index contributed by atoms with van der Waals surface area (Å²) >= 11 is 11.8. The third-order valence-electron chi connectivity index (χ3n) is 2.72. The van der Waals surface area contributed by atoms with Crippen LogP contribution in [0, 0.1) is 0 Å². The van der Waals surface area contributed by atoms with Crippen molar-refractivity contribution in [3.8, 4) is 0 Å². The van der Waals surface area contributed by atoms with Crippen molar-refractivity contribution < 1.29 is 19.1 Å². The highest BCUT2D eigenvalue weighted by molar-refractivity contribution is 6.35. The van der Waals surface area contributed by atoms with Gasteiger partial charge in [-0.25, -0.2) is 0 Å². The minimum atomic E-state index is -0.329. The van der Waals surface area contributed by atoms with Gasteiger partial charge in [0.2, 0.25) is 0 Å². The standard InChI is InChI=1S/C15H18Cl2O4/c1-2-20-14(18)4-3-5-15(19)21-9-8-11-6-7-12(16)10-13(11)17/h6-7,10H,2-5,8-9H2,1H3. The molecule has 0 saturated carbocycles. The van der Waals surface area contributed by atoms with E-state index in [-0.39, 0.29) is 31.4 Å². The average molecular weight is 333 g/mol. The van der Waals surface area contributed by atoms with E-state index in [1.165, 1.54) is 0 Å². The predicted molar refractivity (Wildman–Crippen MR) is 81.6 cm³/mol. The Balaban J connectivity index is 2.20. The van der Waals surface area contributed by atoms with Crippen molar-refractivity contribution in [1.29, 1.82) is 0 Å². The van der Waals surface area contributed by atoms with Crippen LogP contribution in [0.1, 0.15) is 31.7 Å². The van der Waals surface area contributed by atoms with Crippen molar-refractivity contribution in [3.05, 3.63) is 33.8 Å². The molecule has 0 heterocycles. The molecule has 0 radical (unpaired) electrons. The van der Waals surface area contributed by atoms with Crippen molar-refractivity contribution >= 4 is 35.1 Å². The number of rotatable bonds is 8. The average Bonchev–Trinajstić information content (AvgIpc) is 2.41. The van der Waals surface area contributed by atoms with Crippen LogP contribution in [0.3, 0.4) is 0 Å². The molecule has 21 heavy (non-hydrogen) atoms. The van der Waals surface area contributed by atoms with E-state index in [4.69, 9.17) is 32.7 Å². The lowest BCUT2D eigenvalue weighted by Gasteiger charge is -2.07. The van der Waals surface area contributed by atoms with Gasteiger partial charge in [-0.15, -0.1) is 0 Å². The van der Waals surface area contributed by atoms with E-state index in [1.54, 1.807) is 25.1 Å². The first-order valence-corrected chi connectivity index (χ1v) is 7.53. The van der Waals surface area contributed by atoms with Gasteiger partial charge < -0.3 is 9.47 Å². The molecule has 6 heteroatoms. The lowest BCUT2D eigenvalue weighted by Crippen LogP contribution is -2.09. The van der Waals surface area contributed by atoms with E-state index in [2.05, 4.69) is 0 Å². The maximum atomic E-state index is 11.5. The zero-order chi connectivity index (χ0) is 15.7. The van der Waals surface area contributed by atoms with Crippen LogP contribution in [0.25, 0.3) is 0 Å². The zero-order valence-electron chi connectivity index (χ0n) is 11.9. The zero-order valence-corrected chi connectivity index (χ0v) is 13.4. The summed E-state index contributed by atoms with van der Waals surface area (Å²) in [5, 5.41) is 1.13. The number of hydrogen-bond acceptors (Lipinski definition) is 4. The molecule has 0 aromatic heterocycles. The normalized spacial score (nSPS) is 10.2. The second-order valence-electron chi connectivity index (χ2n) is 4.36. The smallest absolute Gasteiger partial charge is 0.305 e. The summed E-state index contributed by atoms with van der Waals surface area (Å²) in [6, 6.07) is 5.20. The fourth-order valence-electron chi connectivity index (χ4n) is 1.68. The molecule has 0 atom stereocenters.